The Morgan fingerprint density at radius 3 is 2.38 bits per heavy atom. The van der Waals surface area contributed by atoms with E-state index < -0.39 is 12.0 Å². The summed E-state index contributed by atoms with van der Waals surface area (Å²) < 4.78 is 0. The number of carbonyl (C=O) groups excluding carboxylic acids is 1. The van der Waals surface area contributed by atoms with Crippen LogP contribution in [0.3, 0.4) is 0 Å². The van der Waals surface area contributed by atoms with Gasteiger partial charge >= 0.3 is 5.97 Å². The molecule has 0 bridgehead atoms. The molecule has 182 valence electrons. The van der Waals surface area contributed by atoms with Crippen LogP contribution in [0.4, 0.5) is 0 Å². The van der Waals surface area contributed by atoms with Crippen molar-refractivity contribution in [1.29, 1.82) is 0 Å². The van der Waals surface area contributed by atoms with Gasteiger partial charge in [-0.25, -0.2) is 0 Å². The minimum atomic E-state index is -0.654. The maximum atomic E-state index is 12.1. The Balaban J connectivity index is 1.44. The van der Waals surface area contributed by atoms with Crippen LogP contribution < -0.4 is 11.1 Å². The number of carbonyl (C=O) groups is 2. The fraction of sp³-hybridized carbons (Fsp3) is 0.926. The summed E-state index contributed by atoms with van der Waals surface area (Å²) in [5.74, 6) is 3.71. The Kier molecular flexibility index (Phi) is 6.70. The molecule has 4 fully saturated rings. The van der Waals surface area contributed by atoms with Crippen molar-refractivity contribution in [1.82, 2.24) is 5.32 Å². The van der Waals surface area contributed by atoms with Crippen LogP contribution in [0.5, 0.6) is 0 Å². The lowest BCUT2D eigenvalue weighted by atomic mass is 9.44. The van der Waals surface area contributed by atoms with E-state index in [0.29, 0.717) is 41.0 Å². The van der Waals surface area contributed by atoms with Crippen LogP contribution in [0, 0.1) is 46.3 Å². The molecule has 4 aliphatic rings. The molecule has 4 saturated carbocycles. The van der Waals surface area contributed by atoms with E-state index in [-0.39, 0.29) is 5.91 Å². The summed E-state index contributed by atoms with van der Waals surface area (Å²) in [6, 6.07) is -0.133. The topological polar surface area (TPSA) is 92.4 Å². The van der Waals surface area contributed by atoms with Crippen LogP contribution in [0.25, 0.3) is 0 Å². The van der Waals surface area contributed by atoms with Crippen LogP contribution in [-0.2, 0) is 9.59 Å². The number of rotatable bonds is 6. The molecule has 0 aliphatic heterocycles. The Bertz CT molecular complexity index is 724. The van der Waals surface area contributed by atoms with Crippen molar-refractivity contribution < 1.29 is 14.7 Å². The fourth-order valence-corrected chi connectivity index (χ4v) is 9.25. The molecule has 4 N–H and O–H groups in total. The van der Waals surface area contributed by atoms with Crippen LogP contribution in [0.1, 0.15) is 98.3 Å². The average Bonchev–Trinajstić information content (AvgIpc) is 3.09. The van der Waals surface area contributed by atoms with E-state index in [1.54, 1.807) is 6.92 Å². The Labute approximate surface area is 194 Å². The van der Waals surface area contributed by atoms with Gasteiger partial charge in [0.15, 0.2) is 0 Å². The minimum absolute atomic E-state index is 0.00487. The highest BCUT2D eigenvalue weighted by Gasteiger charge is 2.60. The van der Waals surface area contributed by atoms with Crippen LogP contribution in [-0.4, -0.2) is 29.1 Å². The Hall–Kier alpha value is -1.10. The number of carboxylic acids is 1. The molecule has 1 amide bonds. The second kappa shape index (κ2) is 8.92. The minimum Gasteiger partial charge on any atom is -0.481 e. The van der Waals surface area contributed by atoms with E-state index in [9.17, 15) is 9.59 Å². The number of fused-ring (bicyclic) bond motifs is 5. The molecule has 4 unspecified atom stereocenters. The normalized spacial score (nSPS) is 45.2. The van der Waals surface area contributed by atoms with Crippen molar-refractivity contribution in [3.63, 3.8) is 0 Å². The first-order valence-electron chi connectivity index (χ1n) is 13.3. The zero-order chi connectivity index (χ0) is 23.3. The first-order valence-corrected chi connectivity index (χ1v) is 13.3. The van der Waals surface area contributed by atoms with Gasteiger partial charge in [-0.05, 0) is 117 Å². The number of aliphatic carboxylic acids is 1. The van der Waals surface area contributed by atoms with Gasteiger partial charge in [-0.3, -0.25) is 9.59 Å². The van der Waals surface area contributed by atoms with Gasteiger partial charge in [-0.15, -0.1) is 0 Å². The van der Waals surface area contributed by atoms with E-state index >= 15 is 0 Å². The molecule has 0 aromatic rings. The maximum Gasteiger partial charge on any atom is 0.303 e. The van der Waals surface area contributed by atoms with Crippen molar-refractivity contribution in [2.75, 3.05) is 0 Å². The van der Waals surface area contributed by atoms with Gasteiger partial charge in [0.05, 0.1) is 6.04 Å². The molecular formula is C27H46N2O3. The summed E-state index contributed by atoms with van der Waals surface area (Å²) in [6.45, 7) is 9.20. The van der Waals surface area contributed by atoms with Gasteiger partial charge in [0, 0.05) is 12.5 Å². The predicted octanol–water partition coefficient (Wildman–Crippen LogP) is 4.98. The molecule has 0 saturated heterocycles. The molecule has 0 radical (unpaired) electrons. The number of hydrogen-bond donors (Lipinski definition) is 3. The summed E-state index contributed by atoms with van der Waals surface area (Å²) in [5, 5.41) is 12.4. The summed E-state index contributed by atoms with van der Waals surface area (Å²) in [4.78, 5) is 23.3. The van der Waals surface area contributed by atoms with E-state index in [0.717, 1.165) is 37.0 Å². The molecule has 5 nitrogen and oxygen atoms in total. The third-order valence-electron chi connectivity index (χ3n) is 11.0. The first-order chi connectivity index (χ1) is 15.1. The number of nitrogens with two attached hydrogens (primary N) is 1. The predicted molar refractivity (Wildman–Crippen MR) is 127 cm³/mol. The molecule has 0 aromatic carbocycles. The third kappa shape index (κ3) is 4.12. The summed E-state index contributed by atoms with van der Waals surface area (Å²) in [6.07, 6.45) is 12.5. The van der Waals surface area contributed by atoms with Gasteiger partial charge in [0.2, 0.25) is 5.91 Å². The highest BCUT2D eigenvalue weighted by Crippen LogP contribution is 2.68. The smallest absolute Gasteiger partial charge is 0.303 e. The maximum absolute atomic E-state index is 12.1. The van der Waals surface area contributed by atoms with Gasteiger partial charge in [-0.1, -0.05) is 20.8 Å². The second-order valence-electron chi connectivity index (χ2n) is 12.6. The van der Waals surface area contributed by atoms with Crippen LogP contribution in [0.15, 0.2) is 0 Å². The van der Waals surface area contributed by atoms with Gasteiger partial charge in [0.25, 0.3) is 0 Å². The number of carboxylic acid groups (broad SMARTS) is 1. The van der Waals surface area contributed by atoms with Gasteiger partial charge < -0.3 is 16.2 Å². The molecule has 5 heteroatoms. The number of nitrogens with one attached hydrogen (secondary N) is 1. The molecule has 32 heavy (non-hydrogen) atoms. The zero-order valence-electron chi connectivity index (χ0n) is 20.7. The van der Waals surface area contributed by atoms with Gasteiger partial charge in [0.1, 0.15) is 0 Å². The number of amides is 1. The first kappa shape index (κ1) is 24.0. The van der Waals surface area contributed by atoms with Crippen LogP contribution in [0.2, 0.25) is 0 Å². The van der Waals surface area contributed by atoms with Crippen molar-refractivity contribution in [2.45, 2.75) is 110 Å². The molecule has 0 aromatic heterocycles. The highest BCUT2D eigenvalue weighted by atomic mass is 16.4. The SMILES string of the molecule is C[C@H](N)C(=O)N[C@@H]1CC[C@]2(C)C3CC[C@@]4(C)C(CCC4[C@H](C)CCC(=O)O)C3CC[C@@H]2C1. The summed E-state index contributed by atoms with van der Waals surface area (Å²) in [7, 11) is 0. The van der Waals surface area contributed by atoms with Crippen molar-refractivity contribution in [3.8, 4) is 0 Å². The van der Waals surface area contributed by atoms with Crippen molar-refractivity contribution in [3.05, 3.63) is 0 Å². The van der Waals surface area contributed by atoms with Crippen LogP contribution >= 0.6 is 0 Å². The molecule has 0 heterocycles. The lowest BCUT2D eigenvalue weighted by molar-refractivity contribution is -0.137. The van der Waals surface area contributed by atoms with E-state index in [2.05, 4.69) is 26.1 Å². The van der Waals surface area contributed by atoms with E-state index in [1.165, 1.54) is 44.9 Å². The molecular weight excluding hydrogens is 400 g/mol. The fourth-order valence-electron chi connectivity index (χ4n) is 9.25. The van der Waals surface area contributed by atoms with E-state index in [1.807, 2.05) is 0 Å². The monoisotopic (exact) mass is 446 g/mol. The molecule has 4 rings (SSSR count). The second-order valence-corrected chi connectivity index (χ2v) is 12.6. The Morgan fingerprint density at radius 2 is 1.69 bits per heavy atom. The lowest BCUT2D eigenvalue weighted by Gasteiger charge is -2.61. The summed E-state index contributed by atoms with van der Waals surface area (Å²) in [5.41, 5.74) is 6.59. The highest BCUT2D eigenvalue weighted by molar-refractivity contribution is 5.81. The van der Waals surface area contributed by atoms with Gasteiger partial charge in [-0.2, -0.15) is 0 Å². The standard InChI is InChI=1S/C27H46N2O3/c1-16(5-10-24(30)31)21-8-9-22-20-7-6-18-15-19(29-25(32)17(2)28)11-13-26(18,3)23(20)12-14-27(21,22)4/h16-23H,5-15,28H2,1-4H3,(H,29,32)(H,30,31)/t16-,17+,18-,19-,20?,21?,22?,23?,26+,27-/m1/s1. The molecule has 0 spiro atoms. The number of hydrogen-bond acceptors (Lipinski definition) is 3. The lowest BCUT2D eigenvalue weighted by Crippen LogP contribution is -2.56. The zero-order valence-corrected chi connectivity index (χ0v) is 20.7. The molecule has 10 atom stereocenters. The largest absolute Gasteiger partial charge is 0.481 e. The van der Waals surface area contributed by atoms with Crippen molar-refractivity contribution in [2.24, 2.45) is 52.1 Å². The summed E-state index contributed by atoms with van der Waals surface area (Å²) >= 11 is 0. The van der Waals surface area contributed by atoms with E-state index in [4.69, 9.17) is 10.8 Å². The molecule has 4 aliphatic carbocycles. The average molecular weight is 447 g/mol. The van der Waals surface area contributed by atoms with Crippen molar-refractivity contribution >= 4 is 11.9 Å². The quantitative estimate of drug-likeness (QED) is 0.536. The third-order valence-corrected chi connectivity index (χ3v) is 11.0. The Morgan fingerprint density at radius 1 is 1.00 bits per heavy atom.